The van der Waals surface area contributed by atoms with Crippen LogP contribution in [0.15, 0.2) is 73.3 Å². The zero-order chi connectivity index (χ0) is 27.6. The number of aromatic nitrogens is 4. The van der Waals surface area contributed by atoms with E-state index < -0.39 is 52.2 Å². The van der Waals surface area contributed by atoms with Crippen molar-refractivity contribution in [3.05, 3.63) is 73.3 Å². The van der Waals surface area contributed by atoms with E-state index in [1.54, 1.807) is 36.4 Å². The summed E-state index contributed by atoms with van der Waals surface area (Å²) in [6.45, 7) is -0.622. The van der Waals surface area contributed by atoms with Gasteiger partial charge >= 0.3 is 15.2 Å². The number of hydrogen-bond donors (Lipinski definition) is 4. The molecule has 2 aromatic heterocycles. The van der Waals surface area contributed by atoms with Gasteiger partial charge in [-0.3, -0.25) is 9.13 Å². The molecule has 16 heteroatoms. The largest absolute Gasteiger partial charge is 0.442 e. The fourth-order valence-corrected chi connectivity index (χ4v) is 7.81. The first-order valence-corrected chi connectivity index (χ1v) is 15.1. The van der Waals surface area contributed by atoms with E-state index in [1.807, 2.05) is 0 Å². The molecular weight excluding hydrogens is 552 g/mol. The van der Waals surface area contributed by atoms with Gasteiger partial charge in [0.2, 0.25) is 0 Å². The lowest BCUT2D eigenvalue weighted by Crippen LogP contribution is -2.33. The molecule has 3 heterocycles. The summed E-state index contributed by atoms with van der Waals surface area (Å²) >= 11 is 0. The number of ether oxygens (including phenoxy) is 1. The number of aliphatic hydroxyl groups is 2. The SMILES string of the molecule is Nc1ncnc2c1ncn2[C@H]1O[C@@H](COP(=O)(O)CP(=O)(Oc2ccccc2)Oc2ccccc2)C(O)C1O. The number of anilines is 1. The van der Waals surface area contributed by atoms with Crippen LogP contribution in [0.3, 0.4) is 0 Å². The summed E-state index contributed by atoms with van der Waals surface area (Å²) in [6.07, 6.45) is -2.82. The summed E-state index contributed by atoms with van der Waals surface area (Å²) in [5.41, 5.74) is 6.33. The van der Waals surface area contributed by atoms with Crippen LogP contribution in [0.1, 0.15) is 6.23 Å². The Kier molecular flexibility index (Phi) is 7.70. The summed E-state index contributed by atoms with van der Waals surface area (Å²) in [5.74, 6) is -0.558. The van der Waals surface area contributed by atoms with Crippen LogP contribution in [0.5, 0.6) is 11.5 Å². The average molecular weight is 577 g/mol. The summed E-state index contributed by atoms with van der Waals surface area (Å²) in [5, 5.41) is 21.2. The Balaban J connectivity index is 1.29. The van der Waals surface area contributed by atoms with E-state index in [1.165, 1.54) is 41.5 Å². The maximum atomic E-state index is 13.6. The monoisotopic (exact) mass is 577 g/mol. The van der Waals surface area contributed by atoms with Gasteiger partial charge in [0, 0.05) is 0 Å². The van der Waals surface area contributed by atoms with E-state index in [0.29, 0.717) is 0 Å². The third-order valence-electron chi connectivity index (χ3n) is 5.77. The molecular formula is C23H25N5O9P2. The topological polar surface area (TPSA) is 201 Å². The minimum atomic E-state index is -4.65. The predicted octanol–water partition coefficient (Wildman–Crippen LogP) is 2.54. The first kappa shape index (κ1) is 27.2. The molecule has 1 saturated heterocycles. The molecule has 0 amide bonds. The van der Waals surface area contributed by atoms with Gasteiger partial charge in [0.25, 0.3) is 0 Å². The molecule has 14 nitrogen and oxygen atoms in total. The molecule has 39 heavy (non-hydrogen) atoms. The normalized spacial score (nSPS) is 22.9. The number of nitrogens with two attached hydrogens (primary N) is 1. The second-order valence-corrected chi connectivity index (χ2v) is 12.9. The fraction of sp³-hybridized carbons (Fsp3) is 0.261. The van der Waals surface area contributed by atoms with Gasteiger partial charge in [-0.2, -0.15) is 0 Å². The van der Waals surface area contributed by atoms with E-state index in [0.717, 1.165) is 0 Å². The van der Waals surface area contributed by atoms with E-state index in [9.17, 15) is 24.2 Å². The highest BCUT2D eigenvalue weighted by atomic mass is 31.2. The van der Waals surface area contributed by atoms with Crippen molar-refractivity contribution in [3.8, 4) is 11.5 Å². The van der Waals surface area contributed by atoms with Gasteiger partial charge in [0.05, 0.1) is 12.9 Å². The molecule has 0 bridgehead atoms. The van der Waals surface area contributed by atoms with Crippen LogP contribution in [0.4, 0.5) is 5.82 Å². The van der Waals surface area contributed by atoms with Crippen LogP contribution in [-0.4, -0.2) is 65.4 Å². The lowest BCUT2D eigenvalue weighted by Gasteiger charge is -2.23. The number of benzene rings is 2. The minimum Gasteiger partial charge on any atom is -0.416 e. The Labute approximate surface area is 222 Å². The van der Waals surface area contributed by atoms with Gasteiger partial charge < -0.3 is 39.1 Å². The van der Waals surface area contributed by atoms with Gasteiger partial charge in [-0.15, -0.1) is 0 Å². The highest BCUT2D eigenvalue weighted by Gasteiger charge is 2.46. The molecule has 5 rings (SSSR count). The molecule has 5 atom stereocenters. The van der Waals surface area contributed by atoms with Crippen LogP contribution in [0, 0.1) is 0 Å². The van der Waals surface area contributed by atoms with Crippen LogP contribution in [-0.2, 0) is 18.4 Å². The van der Waals surface area contributed by atoms with Gasteiger partial charge in [-0.05, 0) is 24.3 Å². The molecule has 3 unspecified atom stereocenters. The molecule has 0 aliphatic carbocycles. The van der Waals surface area contributed by atoms with Crippen molar-refractivity contribution in [2.75, 3.05) is 18.2 Å². The summed E-state index contributed by atoms with van der Waals surface area (Å²) in [4.78, 5) is 22.6. The lowest BCUT2D eigenvalue weighted by molar-refractivity contribution is -0.0483. The molecule has 1 aliphatic heterocycles. The first-order valence-electron chi connectivity index (χ1n) is 11.6. The molecule has 0 saturated carbocycles. The molecule has 4 aromatic rings. The van der Waals surface area contributed by atoms with Crippen molar-refractivity contribution in [2.45, 2.75) is 24.5 Å². The number of aliphatic hydroxyl groups excluding tert-OH is 2. The highest BCUT2D eigenvalue weighted by molar-refractivity contribution is 7.71. The Bertz CT molecular complexity index is 1480. The van der Waals surface area contributed by atoms with Crippen molar-refractivity contribution < 1.29 is 42.5 Å². The van der Waals surface area contributed by atoms with Gasteiger partial charge in [0.15, 0.2) is 23.6 Å². The number of nitrogen functional groups attached to an aromatic ring is 1. The van der Waals surface area contributed by atoms with E-state index in [4.69, 9.17) is 24.0 Å². The van der Waals surface area contributed by atoms with Gasteiger partial charge in [-0.1, -0.05) is 36.4 Å². The number of rotatable bonds is 10. The predicted molar refractivity (Wildman–Crippen MR) is 138 cm³/mol. The number of para-hydroxylation sites is 2. The van der Waals surface area contributed by atoms with Crippen LogP contribution in [0.2, 0.25) is 0 Å². The highest BCUT2D eigenvalue weighted by Crippen LogP contribution is 2.61. The molecule has 2 aromatic carbocycles. The third-order valence-corrected chi connectivity index (χ3v) is 10.1. The van der Waals surface area contributed by atoms with Crippen LogP contribution < -0.4 is 14.8 Å². The quantitative estimate of drug-likeness (QED) is 0.201. The van der Waals surface area contributed by atoms with Crippen molar-refractivity contribution >= 4 is 32.2 Å². The lowest BCUT2D eigenvalue weighted by atomic mass is 10.1. The van der Waals surface area contributed by atoms with Crippen molar-refractivity contribution in [1.29, 1.82) is 0 Å². The number of nitrogens with zero attached hydrogens (tertiary/aromatic N) is 4. The van der Waals surface area contributed by atoms with Crippen LogP contribution in [0.25, 0.3) is 11.2 Å². The third kappa shape index (κ3) is 6.13. The Morgan fingerprint density at radius 3 is 2.15 bits per heavy atom. The standard InChI is InChI=1S/C23H25N5O9P2/c24-21-18-22(26-12-25-21)28(13-27-18)23-20(30)19(29)17(35-23)11-34-38(31,32)14-39(33,36-15-7-3-1-4-8-15)37-16-9-5-2-6-10-16/h1-10,12-13,17,19-20,23,29-30H,11,14H2,(H,31,32)(H2,24,25,26)/t17-,19?,20?,23-/m0/s1. The summed E-state index contributed by atoms with van der Waals surface area (Å²) in [6, 6.07) is 16.1. The average Bonchev–Trinajstić information content (AvgIpc) is 3.45. The second-order valence-electron chi connectivity index (χ2n) is 8.62. The maximum Gasteiger partial charge on any atom is 0.442 e. The Hall–Kier alpha value is -3.35. The van der Waals surface area contributed by atoms with Gasteiger partial charge in [-0.25, -0.2) is 19.5 Å². The summed E-state index contributed by atoms with van der Waals surface area (Å²) < 4.78 is 50.0. The van der Waals surface area contributed by atoms with E-state index in [-0.39, 0.29) is 28.5 Å². The molecule has 0 radical (unpaired) electrons. The number of imidazole rings is 1. The molecule has 1 fully saturated rings. The van der Waals surface area contributed by atoms with E-state index in [2.05, 4.69) is 15.0 Å². The van der Waals surface area contributed by atoms with Gasteiger partial charge in [0.1, 0.15) is 41.7 Å². The van der Waals surface area contributed by atoms with Crippen LogP contribution >= 0.6 is 15.2 Å². The Morgan fingerprint density at radius 2 is 1.54 bits per heavy atom. The zero-order valence-electron chi connectivity index (χ0n) is 20.2. The zero-order valence-corrected chi connectivity index (χ0v) is 22.0. The van der Waals surface area contributed by atoms with Crippen molar-refractivity contribution in [3.63, 3.8) is 0 Å². The summed E-state index contributed by atoms with van der Waals surface area (Å²) in [7, 11) is -8.94. The second kappa shape index (κ2) is 11.0. The molecule has 5 N–H and O–H groups in total. The smallest absolute Gasteiger partial charge is 0.416 e. The molecule has 206 valence electrons. The molecule has 0 spiro atoms. The van der Waals surface area contributed by atoms with Crippen molar-refractivity contribution in [2.24, 2.45) is 0 Å². The fourth-order valence-electron chi connectivity index (χ4n) is 3.96. The number of hydrogen-bond acceptors (Lipinski definition) is 12. The Morgan fingerprint density at radius 1 is 0.923 bits per heavy atom. The maximum absolute atomic E-state index is 13.6. The first-order chi connectivity index (χ1) is 18.6. The number of fused-ring (bicyclic) bond motifs is 1. The molecule has 1 aliphatic rings. The minimum absolute atomic E-state index is 0.118. The van der Waals surface area contributed by atoms with Crippen molar-refractivity contribution in [1.82, 2.24) is 19.5 Å². The van der Waals surface area contributed by atoms with E-state index >= 15 is 0 Å².